The Bertz CT molecular complexity index is 548. The number of furan rings is 1. The highest BCUT2D eigenvalue weighted by molar-refractivity contribution is 7.89. The van der Waals surface area contributed by atoms with Crippen molar-refractivity contribution in [2.24, 2.45) is 0 Å². The fraction of sp³-hybridized carbons (Fsp3) is 0.714. The first kappa shape index (κ1) is 16.5. The summed E-state index contributed by atoms with van der Waals surface area (Å²) >= 11 is 0. The number of hydrogen-bond donors (Lipinski definition) is 2. The monoisotopic (exact) mass is 315 g/mol. The second-order valence-corrected chi connectivity index (χ2v) is 7.08. The van der Waals surface area contributed by atoms with Gasteiger partial charge in [0.2, 0.25) is 0 Å². The lowest BCUT2D eigenvalue weighted by molar-refractivity contribution is 0.200. The van der Waals surface area contributed by atoms with Crippen LogP contribution in [0.15, 0.2) is 15.4 Å². The predicted octanol–water partition coefficient (Wildman–Crippen LogP) is 1.77. The van der Waals surface area contributed by atoms with Crippen LogP contribution in [-0.4, -0.2) is 33.1 Å². The van der Waals surface area contributed by atoms with Gasteiger partial charge >= 0.3 is 0 Å². The quantitative estimate of drug-likeness (QED) is 0.750. The molecule has 21 heavy (non-hydrogen) atoms. The fourth-order valence-corrected chi connectivity index (χ4v) is 3.80. The topological polar surface area (TPSA) is 74.6 Å². The summed E-state index contributed by atoms with van der Waals surface area (Å²) in [4.78, 5) is 2.90. The van der Waals surface area contributed by atoms with Gasteiger partial charge in [-0.3, -0.25) is 0 Å². The van der Waals surface area contributed by atoms with Gasteiger partial charge in [0, 0.05) is 19.2 Å². The Morgan fingerprint density at radius 1 is 1.29 bits per heavy atom. The second kappa shape index (κ2) is 7.40. The highest BCUT2D eigenvalue weighted by Gasteiger charge is 2.24. The summed E-state index contributed by atoms with van der Waals surface area (Å²) in [6.45, 7) is 6.73. The summed E-state index contributed by atoms with van der Waals surface area (Å²) in [6.07, 6.45) is 4.25. The molecule has 1 saturated heterocycles. The second-order valence-electron chi connectivity index (χ2n) is 5.45. The van der Waals surface area contributed by atoms with E-state index < -0.39 is 10.0 Å². The van der Waals surface area contributed by atoms with E-state index in [9.17, 15) is 8.42 Å². The van der Waals surface area contributed by atoms with E-state index in [0.717, 1.165) is 45.3 Å². The Balaban J connectivity index is 2.04. The van der Waals surface area contributed by atoms with Crippen molar-refractivity contribution < 1.29 is 12.8 Å². The molecule has 0 radical (unpaired) electrons. The molecule has 7 heteroatoms. The van der Waals surface area contributed by atoms with Crippen LogP contribution in [0.1, 0.15) is 44.1 Å². The van der Waals surface area contributed by atoms with Crippen molar-refractivity contribution in [2.75, 3.05) is 19.6 Å². The van der Waals surface area contributed by atoms with E-state index in [-0.39, 0.29) is 4.90 Å². The average molecular weight is 315 g/mol. The molecule has 120 valence electrons. The van der Waals surface area contributed by atoms with Gasteiger partial charge in [-0.25, -0.2) is 13.4 Å². The highest BCUT2D eigenvalue weighted by Crippen LogP contribution is 2.20. The third kappa shape index (κ3) is 4.54. The molecule has 0 aromatic carbocycles. The first-order valence-corrected chi connectivity index (χ1v) is 9.08. The Kier molecular flexibility index (Phi) is 5.80. The number of nitrogens with zero attached hydrogens (tertiary/aromatic N) is 1. The summed E-state index contributed by atoms with van der Waals surface area (Å²) in [5.41, 5.74) is 0. The van der Waals surface area contributed by atoms with Crippen LogP contribution in [0.25, 0.3) is 0 Å². The van der Waals surface area contributed by atoms with Crippen LogP contribution in [-0.2, 0) is 16.6 Å². The van der Waals surface area contributed by atoms with Gasteiger partial charge in [-0.1, -0.05) is 13.3 Å². The van der Waals surface area contributed by atoms with Gasteiger partial charge in [-0.2, -0.15) is 0 Å². The molecule has 0 bridgehead atoms. The van der Waals surface area contributed by atoms with Crippen LogP contribution >= 0.6 is 0 Å². The van der Waals surface area contributed by atoms with Crippen molar-refractivity contribution in [1.29, 1.82) is 0 Å². The Hall–Kier alpha value is -0.890. The molecular formula is C14H25N3O3S. The summed E-state index contributed by atoms with van der Waals surface area (Å²) in [5, 5.41) is 4.98. The minimum atomic E-state index is -3.55. The van der Waals surface area contributed by atoms with Crippen LogP contribution in [0.5, 0.6) is 0 Å². The third-order valence-corrected chi connectivity index (χ3v) is 5.03. The predicted molar refractivity (Wildman–Crippen MR) is 81.2 cm³/mol. The van der Waals surface area contributed by atoms with Gasteiger partial charge in [0.25, 0.3) is 10.0 Å². The lowest BCUT2D eigenvalue weighted by atomic mass is 10.2. The summed E-state index contributed by atoms with van der Waals surface area (Å²) < 4.78 is 30.4. The van der Waals surface area contributed by atoms with Crippen LogP contribution in [0.2, 0.25) is 0 Å². The van der Waals surface area contributed by atoms with Crippen molar-refractivity contribution in [3.63, 3.8) is 0 Å². The molecule has 0 spiro atoms. The van der Waals surface area contributed by atoms with Gasteiger partial charge < -0.3 is 9.73 Å². The van der Waals surface area contributed by atoms with Gasteiger partial charge in [0.05, 0.1) is 6.54 Å². The number of sulfonamides is 1. The van der Waals surface area contributed by atoms with E-state index in [4.69, 9.17) is 4.42 Å². The minimum absolute atomic E-state index is 0.237. The van der Waals surface area contributed by atoms with E-state index in [1.807, 2.05) is 0 Å². The molecule has 1 aromatic rings. The number of rotatable bonds is 7. The SMILES string of the molecule is CCCNCc1cc(S(=O)(=O)NN2CCCCC2)c(C)o1. The van der Waals surface area contributed by atoms with Crippen LogP contribution in [0.3, 0.4) is 0 Å². The Morgan fingerprint density at radius 3 is 2.67 bits per heavy atom. The third-order valence-electron chi connectivity index (χ3n) is 3.54. The molecule has 0 saturated carbocycles. The number of hydrogen-bond acceptors (Lipinski definition) is 5. The van der Waals surface area contributed by atoms with Crippen LogP contribution in [0.4, 0.5) is 0 Å². The maximum absolute atomic E-state index is 12.4. The zero-order chi connectivity index (χ0) is 15.3. The fourth-order valence-electron chi connectivity index (χ4n) is 2.47. The maximum Gasteiger partial charge on any atom is 0.256 e. The molecule has 0 atom stereocenters. The van der Waals surface area contributed by atoms with Crippen molar-refractivity contribution in [3.05, 3.63) is 17.6 Å². The molecule has 1 aliphatic heterocycles. The van der Waals surface area contributed by atoms with Crippen molar-refractivity contribution in [2.45, 2.75) is 51.0 Å². The van der Waals surface area contributed by atoms with E-state index in [1.165, 1.54) is 0 Å². The van der Waals surface area contributed by atoms with E-state index in [2.05, 4.69) is 17.1 Å². The first-order valence-electron chi connectivity index (χ1n) is 7.60. The lowest BCUT2D eigenvalue weighted by Crippen LogP contribution is -2.44. The number of aryl methyl sites for hydroxylation is 1. The molecule has 2 N–H and O–H groups in total. The normalized spacial score (nSPS) is 17.2. The molecule has 0 unspecified atom stereocenters. The largest absolute Gasteiger partial charge is 0.464 e. The molecule has 2 rings (SSSR count). The average Bonchev–Trinajstić information content (AvgIpc) is 2.82. The van der Waals surface area contributed by atoms with Gasteiger partial charge in [0.1, 0.15) is 16.4 Å². The van der Waals surface area contributed by atoms with Crippen molar-refractivity contribution in [1.82, 2.24) is 15.2 Å². The Morgan fingerprint density at radius 2 is 2.00 bits per heavy atom. The maximum atomic E-state index is 12.4. The van der Waals surface area contributed by atoms with Crippen molar-refractivity contribution >= 4 is 10.0 Å². The van der Waals surface area contributed by atoms with Gasteiger partial charge in [-0.15, -0.1) is 4.83 Å². The van der Waals surface area contributed by atoms with Gasteiger partial charge in [0.15, 0.2) is 0 Å². The molecule has 2 heterocycles. The minimum Gasteiger partial charge on any atom is -0.464 e. The summed E-state index contributed by atoms with van der Waals surface area (Å²) in [5.74, 6) is 1.09. The first-order chi connectivity index (χ1) is 10.0. The molecule has 1 aromatic heterocycles. The molecule has 1 aliphatic rings. The van der Waals surface area contributed by atoms with Crippen LogP contribution in [0, 0.1) is 6.92 Å². The lowest BCUT2D eigenvalue weighted by Gasteiger charge is -2.26. The molecular weight excluding hydrogens is 290 g/mol. The zero-order valence-corrected chi connectivity index (χ0v) is 13.6. The van der Waals surface area contributed by atoms with Crippen LogP contribution < -0.4 is 10.1 Å². The molecule has 0 aliphatic carbocycles. The zero-order valence-electron chi connectivity index (χ0n) is 12.8. The van der Waals surface area contributed by atoms with E-state index in [0.29, 0.717) is 18.1 Å². The standard InChI is InChI=1S/C14H25N3O3S/c1-3-7-15-11-13-10-14(12(2)20-13)21(18,19)16-17-8-5-4-6-9-17/h10,15-16H,3-9,11H2,1-2H3. The molecule has 0 amide bonds. The molecule has 6 nitrogen and oxygen atoms in total. The smallest absolute Gasteiger partial charge is 0.256 e. The van der Waals surface area contributed by atoms with E-state index in [1.54, 1.807) is 18.0 Å². The summed E-state index contributed by atoms with van der Waals surface area (Å²) in [6, 6.07) is 1.62. The Labute approximate surface area is 126 Å². The number of hydrazine groups is 1. The number of nitrogens with one attached hydrogen (secondary N) is 2. The van der Waals surface area contributed by atoms with E-state index >= 15 is 0 Å². The van der Waals surface area contributed by atoms with Crippen molar-refractivity contribution in [3.8, 4) is 0 Å². The van der Waals surface area contributed by atoms with Gasteiger partial charge in [-0.05, 0) is 32.7 Å². The summed E-state index contributed by atoms with van der Waals surface area (Å²) in [7, 11) is -3.55. The number of piperidine rings is 1. The molecule has 1 fully saturated rings. The highest BCUT2D eigenvalue weighted by atomic mass is 32.2.